The first-order valence-electron chi connectivity index (χ1n) is 6.51. The predicted octanol–water partition coefficient (Wildman–Crippen LogP) is 0.965. The van der Waals surface area contributed by atoms with Gasteiger partial charge in [0.25, 0.3) is 0 Å². The summed E-state index contributed by atoms with van der Waals surface area (Å²) in [7, 11) is 0. The number of ether oxygens (including phenoxy) is 1. The number of aromatic nitrogens is 2. The first kappa shape index (κ1) is 12.9. The summed E-state index contributed by atoms with van der Waals surface area (Å²) in [5.41, 5.74) is 5.63. The molecule has 1 aliphatic heterocycles. The Balaban J connectivity index is 1.83. The molecule has 0 amide bonds. The number of nitrogens with one attached hydrogen (secondary N) is 1. The summed E-state index contributed by atoms with van der Waals surface area (Å²) in [6.45, 7) is 6.74. The number of rotatable bonds is 6. The highest BCUT2D eigenvalue weighted by Gasteiger charge is 2.11. The lowest BCUT2D eigenvalue weighted by Crippen LogP contribution is -2.25. The molecule has 0 radical (unpaired) electrons. The van der Waals surface area contributed by atoms with Crippen LogP contribution in [-0.2, 0) is 0 Å². The van der Waals surface area contributed by atoms with Gasteiger partial charge in [-0.1, -0.05) is 0 Å². The van der Waals surface area contributed by atoms with E-state index < -0.39 is 0 Å². The van der Waals surface area contributed by atoms with Crippen molar-refractivity contribution in [2.75, 3.05) is 43.8 Å². The van der Waals surface area contributed by atoms with E-state index in [-0.39, 0.29) is 5.95 Å². The minimum absolute atomic E-state index is 0.240. The third-order valence-corrected chi connectivity index (χ3v) is 2.93. The molecule has 18 heavy (non-hydrogen) atoms. The van der Waals surface area contributed by atoms with E-state index in [2.05, 4.69) is 20.2 Å². The minimum Gasteiger partial charge on any atom is -0.476 e. The van der Waals surface area contributed by atoms with Gasteiger partial charge in [-0.3, -0.25) is 4.90 Å². The van der Waals surface area contributed by atoms with Crippen molar-refractivity contribution in [3.05, 3.63) is 6.07 Å². The molecule has 0 unspecified atom stereocenters. The lowest BCUT2D eigenvalue weighted by Gasteiger charge is -2.14. The van der Waals surface area contributed by atoms with Crippen LogP contribution in [0.2, 0.25) is 0 Å². The molecule has 1 aromatic heterocycles. The largest absolute Gasteiger partial charge is 0.476 e. The van der Waals surface area contributed by atoms with Crippen LogP contribution in [0.15, 0.2) is 6.07 Å². The van der Waals surface area contributed by atoms with Crippen LogP contribution in [0.4, 0.5) is 11.8 Å². The van der Waals surface area contributed by atoms with Crippen LogP contribution in [0.1, 0.15) is 19.8 Å². The first-order chi connectivity index (χ1) is 8.78. The Morgan fingerprint density at radius 1 is 1.39 bits per heavy atom. The third kappa shape index (κ3) is 3.73. The first-order valence-corrected chi connectivity index (χ1v) is 6.51. The zero-order valence-corrected chi connectivity index (χ0v) is 10.9. The smallest absolute Gasteiger partial charge is 0.225 e. The summed E-state index contributed by atoms with van der Waals surface area (Å²) < 4.78 is 5.62. The molecular weight excluding hydrogens is 230 g/mol. The van der Waals surface area contributed by atoms with Gasteiger partial charge in [-0.25, -0.2) is 0 Å². The molecule has 0 spiro atoms. The summed E-state index contributed by atoms with van der Waals surface area (Å²) in [5, 5.41) is 3.10. The van der Waals surface area contributed by atoms with Crippen molar-refractivity contribution in [1.82, 2.24) is 14.9 Å². The fraction of sp³-hybridized carbons (Fsp3) is 0.667. The molecule has 0 atom stereocenters. The fourth-order valence-corrected chi connectivity index (χ4v) is 2.07. The van der Waals surface area contributed by atoms with Gasteiger partial charge in [0, 0.05) is 19.2 Å². The molecule has 2 heterocycles. The Morgan fingerprint density at radius 2 is 2.17 bits per heavy atom. The van der Waals surface area contributed by atoms with Gasteiger partial charge in [-0.05, 0) is 32.9 Å². The molecule has 1 aliphatic rings. The molecule has 0 bridgehead atoms. The summed E-state index contributed by atoms with van der Waals surface area (Å²) in [5.74, 6) is 1.49. The standard InChI is InChI=1S/C12H21N5O/c1-2-14-10-9-11(16-12(13)15-10)18-8-7-17-5-3-4-6-17/h9H,2-8H2,1H3,(H3,13,14,15,16). The summed E-state index contributed by atoms with van der Waals surface area (Å²) >= 11 is 0. The molecule has 1 saturated heterocycles. The summed E-state index contributed by atoms with van der Waals surface area (Å²) in [6.07, 6.45) is 2.59. The number of hydrogen-bond donors (Lipinski definition) is 2. The highest BCUT2D eigenvalue weighted by molar-refractivity contribution is 5.42. The second-order valence-electron chi connectivity index (χ2n) is 4.38. The number of likely N-dealkylation sites (tertiary alicyclic amines) is 1. The molecule has 100 valence electrons. The highest BCUT2D eigenvalue weighted by atomic mass is 16.5. The van der Waals surface area contributed by atoms with Gasteiger partial charge >= 0.3 is 0 Å². The van der Waals surface area contributed by atoms with Gasteiger partial charge in [0.2, 0.25) is 11.8 Å². The number of hydrogen-bond acceptors (Lipinski definition) is 6. The van der Waals surface area contributed by atoms with Gasteiger partial charge in [0.1, 0.15) is 12.4 Å². The van der Waals surface area contributed by atoms with Gasteiger partial charge in [0.05, 0.1) is 0 Å². The number of nitrogen functional groups attached to an aromatic ring is 1. The maximum Gasteiger partial charge on any atom is 0.225 e. The molecule has 2 rings (SSSR count). The molecular formula is C12H21N5O. The number of anilines is 2. The van der Waals surface area contributed by atoms with Crippen LogP contribution in [0.25, 0.3) is 0 Å². The van der Waals surface area contributed by atoms with Crippen LogP contribution in [0.3, 0.4) is 0 Å². The van der Waals surface area contributed by atoms with E-state index in [1.165, 1.54) is 25.9 Å². The normalized spacial score (nSPS) is 15.8. The van der Waals surface area contributed by atoms with Crippen molar-refractivity contribution in [3.8, 4) is 5.88 Å². The maximum absolute atomic E-state index is 5.63. The quantitative estimate of drug-likeness (QED) is 0.784. The minimum atomic E-state index is 0.240. The summed E-state index contributed by atoms with van der Waals surface area (Å²) in [6, 6.07) is 1.78. The van der Waals surface area contributed by atoms with Gasteiger partial charge in [-0.2, -0.15) is 9.97 Å². The van der Waals surface area contributed by atoms with Crippen molar-refractivity contribution in [2.24, 2.45) is 0 Å². The van der Waals surface area contributed by atoms with Crippen LogP contribution in [-0.4, -0.2) is 47.7 Å². The second-order valence-corrected chi connectivity index (χ2v) is 4.38. The van der Waals surface area contributed by atoms with Crippen LogP contribution < -0.4 is 15.8 Å². The third-order valence-electron chi connectivity index (χ3n) is 2.93. The molecule has 1 aromatic rings. The van der Waals surface area contributed by atoms with E-state index in [0.717, 1.165) is 13.1 Å². The van der Waals surface area contributed by atoms with Gasteiger partial charge < -0.3 is 15.8 Å². The van der Waals surface area contributed by atoms with Crippen molar-refractivity contribution >= 4 is 11.8 Å². The Labute approximate surface area is 108 Å². The van der Waals surface area contributed by atoms with Crippen molar-refractivity contribution in [1.29, 1.82) is 0 Å². The van der Waals surface area contributed by atoms with Crippen molar-refractivity contribution < 1.29 is 4.74 Å². The Morgan fingerprint density at radius 3 is 2.89 bits per heavy atom. The molecule has 0 aromatic carbocycles. The Bertz CT molecular complexity index is 379. The summed E-state index contributed by atoms with van der Waals surface area (Å²) in [4.78, 5) is 10.5. The van der Waals surface area contributed by atoms with E-state index >= 15 is 0 Å². The molecule has 6 heteroatoms. The number of nitrogens with zero attached hydrogens (tertiary/aromatic N) is 3. The van der Waals surface area contributed by atoms with Gasteiger partial charge in [0.15, 0.2) is 0 Å². The number of nitrogens with two attached hydrogens (primary N) is 1. The van der Waals surface area contributed by atoms with E-state index in [9.17, 15) is 0 Å². The molecule has 0 saturated carbocycles. The molecule has 3 N–H and O–H groups in total. The monoisotopic (exact) mass is 251 g/mol. The second kappa shape index (κ2) is 6.39. The average Bonchev–Trinajstić information content (AvgIpc) is 2.82. The van der Waals surface area contributed by atoms with E-state index in [1.54, 1.807) is 6.07 Å². The van der Waals surface area contributed by atoms with E-state index in [1.807, 2.05) is 6.92 Å². The van der Waals surface area contributed by atoms with Crippen molar-refractivity contribution in [2.45, 2.75) is 19.8 Å². The lowest BCUT2D eigenvalue weighted by atomic mass is 10.4. The zero-order valence-electron chi connectivity index (χ0n) is 10.9. The lowest BCUT2D eigenvalue weighted by molar-refractivity contribution is 0.232. The maximum atomic E-state index is 5.63. The Hall–Kier alpha value is -1.56. The fourth-order valence-electron chi connectivity index (χ4n) is 2.07. The molecule has 1 fully saturated rings. The Kier molecular flexibility index (Phi) is 4.58. The van der Waals surface area contributed by atoms with Gasteiger partial charge in [-0.15, -0.1) is 0 Å². The van der Waals surface area contributed by atoms with Crippen LogP contribution in [0, 0.1) is 0 Å². The van der Waals surface area contributed by atoms with Crippen molar-refractivity contribution in [3.63, 3.8) is 0 Å². The topological polar surface area (TPSA) is 76.3 Å². The molecule has 0 aliphatic carbocycles. The predicted molar refractivity (Wildman–Crippen MR) is 71.8 cm³/mol. The van der Waals surface area contributed by atoms with Crippen LogP contribution >= 0.6 is 0 Å². The zero-order chi connectivity index (χ0) is 12.8. The SMILES string of the molecule is CCNc1cc(OCCN2CCCC2)nc(N)n1. The average molecular weight is 251 g/mol. The van der Waals surface area contributed by atoms with E-state index in [0.29, 0.717) is 18.3 Å². The molecule has 6 nitrogen and oxygen atoms in total. The highest BCUT2D eigenvalue weighted by Crippen LogP contribution is 2.14. The van der Waals surface area contributed by atoms with Crippen LogP contribution in [0.5, 0.6) is 5.88 Å². The van der Waals surface area contributed by atoms with E-state index in [4.69, 9.17) is 10.5 Å².